The first kappa shape index (κ1) is 13.3. The molecule has 2 atom stereocenters. The van der Waals surface area contributed by atoms with Crippen molar-refractivity contribution in [2.24, 2.45) is 5.41 Å². The average Bonchev–Trinajstić information content (AvgIpc) is 2.15. The molecule has 16 heavy (non-hydrogen) atoms. The lowest BCUT2D eigenvalue weighted by molar-refractivity contribution is -0.315. The van der Waals surface area contributed by atoms with Crippen LogP contribution in [0.4, 0.5) is 0 Å². The van der Waals surface area contributed by atoms with Crippen LogP contribution in [0.25, 0.3) is 0 Å². The molecule has 2 aliphatic rings. The second-order valence-corrected chi connectivity index (χ2v) is 8.82. The van der Waals surface area contributed by atoms with Gasteiger partial charge in [-0.3, -0.25) is 0 Å². The minimum Gasteiger partial charge on any atom is -0.347 e. The molecule has 0 N–H and O–H groups in total. The Hall–Kier alpha value is 0.880. The zero-order valence-electron chi connectivity index (χ0n) is 10.2. The van der Waals surface area contributed by atoms with Gasteiger partial charge in [-0.15, -0.1) is 0 Å². The predicted octanol–water partition coefficient (Wildman–Crippen LogP) is 3.86. The minimum absolute atomic E-state index is 0.0943. The molecule has 0 unspecified atom stereocenters. The molecule has 2 fully saturated rings. The highest BCUT2D eigenvalue weighted by molar-refractivity contribution is 9.10. The molecule has 2 nitrogen and oxygen atoms in total. The van der Waals surface area contributed by atoms with Gasteiger partial charge in [-0.05, 0) is 19.8 Å². The molecule has 1 spiro atoms. The van der Waals surface area contributed by atoms with E-state index >= 15 is 0 Å². The Labute approximate surface area is 115 Å². The largest absolute Gasteiger partial charge is 0.347 e. The van der Waals surface area contributed by atoms with Crippen molar-refractivity contribution in [3.8, 4) is 0 Å². The first-order valence-electron chi connectivity index (χ1n) is 5.90. The normalized spacial score (nSPS) is 42.2. The predicted molar refractivity (Wildman–Crippen MR) is 72.3 cm³/mol. The van der Waals surface area contributed by atoms with E-state index in [-0.39, 0.29) is 14.6 Å². The number of halogens is 2. The third-order valence-electron chi connectivity index (χ3n) is 3.60. The van der Waals surface area contributed by atoms with Crippen molar-refractivity contribution in [1.29, 1.82) is 0 Å². The second-order valence-electron chi connectivity index (χ2n) is 5.97. The van der Waals surface area contributed by atoms with Crippen LogP contribution in [-0.2, 0) is 9.47 Å². The van der Waals surface area contributed by atoms with Crippen LogP contribution in [0, 0.1) is 5.41 Å². The van der Waals surface area contributed by atoms with Gasteiger partial charge in [0.15, 0.2) is 5.79 Å². The summed E-state index contributed by atoms with van der Waals surface area (Å²) in [6, 6.07) is 0. The summed E-state index contributed by atoms with van der Waals surface area (Å²) in [5.74, 6) is -0.499. The van der Waals surface area contributed by atoms with Gasteiger partial charge in [0, 0.05) is 5.41 Å². The number of ether oxygens (including phenoxy) is 2. The van der Waals surface area contributed by atoms with E-state index in [9.17, 15) is 0 Å². The number of rotatable bonds is 0. The van der Waals surface area contributed by atoms with Crippen LogP contribution in [0.15, 0.2) is 0 Å². The minimum atomic E-state index is -0.499. The van der Waals surface area contributed by atoms with Gasteiger partial charge in [-0.2, -0.15) is 0 Å². The fourth-order valence-electron chi connectivity index (χ4n) is 2.47. The second kappa shape index (κ2) is 4.22. The van der Waals surface area contributed by atoms with Crippen LogP contribution in [0.1, 0.15) is 40.0 Å². The summed E-state index contributed by atoms with van der Waals surface area (Å²) in [7, 11) is 0. The van der Waals surface area contributed by atoms with Crippen molar-refractivity contribution < 1.29 is 9.47 Å². The van der Waals surface area contributed by atoms with Crippen molar-refractivity contribution >= 4 is 31.9 Å². The van der Waals surface area contributed by atoms with Crippen LogP contribution in [0.3, 0.4) is 0 Å². The van der Waals surface area contributed by atoms with Crippen molar-refractivity contribution in [1.82, 2.24) is 0 Å². The van der Waals surface area contributed by atoms with Gasteiger partial charge in [-0.25, -0.2) is 0 Å². The molecule has 0 aromatic rings. The van der Waals surface area contributed by atoms with Crippen molar-refractivity contribution in [3.05, 3.63) is 0 Å². The maximum Gasteiger partial charge on any atom is 0.196 e. The van der Waals surface area contributed by atoms with Crippen LogP contribution < -0.4 is 0 Å². The Morgan fingerprint density at radius 1 is 1.12 bits per heavy atom. The van der Waals surface area contributed by atoms with Gasteiger partial charge in [-0.1, -0.05) is 52.1 Å². The Morgan fingerprint density at radius 3 is 2.19 bits per heavy atom. The Bertz CT molecular complexity index is 266. The molecule has 2 rings (SSSR count). The molecule has 4 heteroatoms. The highest BCUT2D eigenvalue weighted by Crippen LogP contribution is 2.51. The summed E-state index contributed by atoms with van der Waals surface area (Å²) in [4.78, 5) is 0.272. The standard InChI is InChI=1S/C12H20Br2O2/c1-10(2)7-15-12(16-8-10)9(13)5-4-6-11(12,3)14/h9H,4-8H2,1-3H3/t9-,11-/m1/s1. The van der Waals surface area contributed by atoms with Crippen molar-refractivity contribution in [2.45, 2.75) is 55.0 Å². The Morgan fingerprint density at radius 2 is 1.69 bits per heavy atom. The molecule has 0 aromatic carbocycles. The van der Waals surface area contributed by atoms with E-state index in [1.807, 2.05) is 0 Å². The first-order chi connectivity index (χ1) is 7.29. The summed E-state index contributed by atoms with van der Waals surface area (Å²) in [5, 5.41) is 0. The average molecular weight is 356 g/mol. The van der Waals surface area contributed by atoms with E-state index < -0.39 is 5.79 Å². The van der Waals surface area contributed by atoms with Crippen molar-refractivity contribution in [2.75, 3.05) is 13.2 Å². The van der Waals surface area contributed by atoms with Gasteiger partial charge in [0.25, 0.3) is 0 Å². The van der Waals surface area contributed by atoms with Crippen LogP contribution in [0.2, 0.25) is 0 Å². The summed E-state index contributed by atoms with van der Waals surface area (Å²) in [5.41, 5.74) is 0.124. The highest BCUT2D eigenvalue weighted by Gasteiger charge is 2.58. The van der Waals surface area contributed by atoms with Gasteiger partial charge in [0.2, 0.25) is 0 Å². The Balaban J connectivity index is 2.22. The van der Waals surface area contributed by atoms with Crippen LogP contribution in [0.5, 0.6) is 0 Å². The maximum absolute atomic E-state index is 6.13. The third-order valence-corrected chi connectivity index (χ3v) is 5.61. The summed E-state index contributed by atoms with van der Waals surface area (Å²) in [6.07, 6.45) is 3.41. The van der Waals surface area contributed by atoms with E-state index in [2.05, 4.69) is 52.6 Å². The van der Waals surface area contributed by atoms with Crippen molar-refractivity contribution in [3.63, 3.8) is 0 Å². The molecular weight excluding hydrogens is 336 g/mol. The third kappa shape index (κ3) is 2.11. The topological polar surface area (TPSA) is 18.5 Å². The molecule has 1 saturated carbocycles. The van der Waals surface area contributed by atoms with E-state index in [4.69, 9.17) is 9.47 Å². The first-order valence-corrected chi connectivity index (χ1v) is 7.61. The number of hydrogen-bond acceptors (Lipinski definition) is 2. The van der Waals surface area contributed by atoms with E-state index in [0.29, 0.717) is 0 Å². The fourth-order valence-corrected chi connectivity index (χ4v) is 4.66. The van der Waals surface area contributed by atoms with Gasteiger partial charge < -0.3 is 9.47 Å². The lowest BCUT2D eigenvalue weighted by atomic mass is 9.82. The molecule has 1 heterocycles. The lowest BCUT2D eigenvalue weighted by Crippen LogP contribution is -2.64. The number of alkyl halides is 2. The van der Waals surface area contributed by atoms with Gasteiger partial charge in [0.05, 0.1) is 22.4 Å². The molecule has 0 bridgehead atoms. The molecule has 1 aliphatic carbocycles. The summed E-state index contributed by atoms with van der Waals surface area (Å²) >= 11 is 7.55. The summed E-state index contributed by atoms with van der Waals surface area (Å²) in [6.45, 7) is 8.06. The smallest absolute Gasteiger partial charge is 0.196 e. The van der Waals surface area contributed by atoms with Crippen LogP contribution in [-0.4, -0.2) is 28.2 Å². The van der Waals surface area contributed by atoms with Gasteiger partial charge >= 0.3 is 0 Å². The Kier molecular flexibility index (Phi) is 3.51. The van der Waals surface area contributed by atoms with E-state index in [1.165, 1.54) is 6.42 Å². The maximum atomic E-state index is 6.13. The van der Waals surface area contributed by atoms with Crippen LogP contribution >= 0.6 is 31.9 Å². The number of hydrogen-bond donors (Lipinski definition) is 0. The fraction of sp³-hybridized carbons (Fsp3) is 1.00. The molecular formula is C12H20Br2O2. The summed E-state index contributed by atoms with van der Waals surface area (Å²) < 4.78 is 12.2. The lowest BCUT2D eigenvalue weighted by Gasteiger charge is -2.54. The molecule has 1 aliphatic heterocycles. The van der Waals surface area contributed by atoms with E-state index in [0.717, 1.165) is 26.1 Å². The molecule has 0 aromatic heterocycles. The zero-order chi connectivity index (χ0) is 12.0. The highest BCUT2D eigenvalue weighted by atomic mass is 79.9. The van der Waals surface area contributed by atoms with E-state index in [1.54, 1.807) is 0 Å². The SMILES string of the molecule is CC1(C)COC2(OC1)[C@H](Br)CCC[C@@]2(C)Br. The quantitative estimate of drug-likeness (QED) is 0.614. The monoisotopic (exact) mass is 354 g/mol. The molecule has 1 saturated heterocycles. The molecule has 0 radical (unpaired) electrons. The molecule has 94 valence electrons. The van der Waals surface area contributed by atoms with Gasteiger partial charge in [0.1, 0.15) is 0 Å². The molecule has 0 amide bonds. The zero-order valence-corrected chi connectivity index (χ0v) is 13.4.